The molecule has 0 fully saturated rings. The van der Waals surface area contributed by atoms with Gasteiger partial charge in [-0.05, 0) is 27.7 Å². The number of nitrogens with zero attached hydrogens (tertiary/aromatic N) is 2. The summed E-state index contributed by atoms with van der Waals surface area (Å²) in [5, 5.41) is 6.74. The van der Waals surface area contributed by atoms with Crippen LogP contribution in [0.5, 0.6) is 0 Å². The zero-order chi connectivity index (χ0) is 11.4. The summed E-state index contributed by atoms with van der Waals surface area (Å²) < 4.78 is 6.69. The highest BCUT2D eigenvalue weighted by Gasteiger charge is 2.10. The van der Waals surface area contributed by atoms with Crippen molar-refractivity contribution in [1.82, 2.24) is 9.78 Å². The third-order valence-corrected chi connectivity index (χ3v) is 1.73. The lowest BCUT2D eigenvalue weighted by molar-refractivity contribution is 0.129. The van der Waals surface area contributed by atoms with E-state index >= 15 is 0 Å². The van der Waals surface area contributed by atoms with Gasteiger partial charge in [0.05, 0.1) is 12.3 Å². The van der Waals surface area contributed by atoms with Crippen molar-refractivity contribution in [2.75, 3.05) is 5.32 Å². The third kappa shape index (κ3) is 3.27. The number of carbonyl (C=O) groups is 1. The number of carbonyl (C=O) groups excluding carboxylic acids is 1. The smallest absolute Gasteiger partial charge is 0.413 e. The summed E-state index contributed by atoms with van der Waals surface area (Å²) in [4.78, 5) is 11.3. The molecule has 0 bridgehead atoms. The van der Waals surface area contributed by atoms with Crippen LogP contribution in [0.3, 0.4) is 0 Å². The minimum Gasteiger partial charge on any atom is -0.447 e. The standard InChI is InChI=1S/C10H17N3O2/c1-7(2)13-9(5-6-11-13)12-10(14)15-8(3)4/h5-8H,1-4H3,(H,12,14). The molecule has 0 atom stereocenters. The summed E-state index contributed by atoms with van der Waals surface area (Å²) in [6.07, 6.45) is 1.07. The molecule has 0 aliphatic rings. The van der Waals surface area contributed by atoms with Gasteiger partial charge in [0.2, 0.25) is 0 Å². The minimum atomic E-state index is -0.451. The number of hydrogen-bond donors (Lipinski definition) is 1. The number of nitrogens with one attached hydrogen (secondary N) is 1. The molecule has 1 aromatic rings. The molecule has 0 spiro atoms. The third-order valence-electron chi connectivity index (χ3n) is 1.73. The molecule has 0 radical (unpaired) electrons. The number of amides is 1. The highest BCUT2D eigenvalue weighted by atomic mass is 16.6. The van der Waals surface area contributed by atoms with Crippen molar-refractivity contribution in [2.45, 2.75) is 39.8 Å². The maximum absolute atomic E-state index is 11.3. The molecule has 0 aliphatic carbocycles. The number of ether oxygens (including phenoxy) is 1. The van der Waals surface area contributed by atoms with E-state index in [2.05, 4.69) is 10.4 Å². The second-order valence-corrected chi connectivity index (χ2v) is 3.83. The number of aromatic nitrogens is 2. The molecule has 0 saturated carbocycles. The normalized spacial score (nSPS) is 10.8. The van der Waals surface area contributed by atoms with Gasteiger partial charge in [0.1, 0.15) is 5.82 Å². The highest BCUT2D eigenvalue weighted by Crippen LogP contribution is 2.13. The molecule has 0 aromatic carbocycles. The molecule has 0 aliphatic heterocycles. The maximum Gasteiger partial charge on any atom is 0.413 e. The van der Waals surface area contributed by atoms with Crippen LogP contribution < -0.4 is 5.32 Å². The lowest BCUT2D eigenvalue weighted by atomic mass is 10.4. The summed E-state index contributed by atoms with van der Waals surface area (Å²) in [7, 11) is 0. The Labute approximate surface area is 89.4 Å². The van der Waals surface area contributed by atoms with E-state index in [1.165, 1.54) is 0 Å². The van der Waals surface area contributed by atoms with Gasteiger partial charge in [0.25, 0.3) is 0 Å². The van der Waals surface area contributed by atoms with Crippen molar-refractivity contribution in [3.05, 3.63) is 12.3 Å². The largest absolute Gasteiger partial charge is 0.447 e. The van der Waals surface area contributed by atoms with Crippen LogP contribution in [-0.2, 0) is 4.74 Å². The second kappa shape index (κ2) is 4.82. The van der Waals surface area contributed by atoms with Gasteiger partial charge in [0, 0.05) is 12.1 Å². The Morgan fingerprint density at radius 3 is 2.67 bits per heavy atom. The molecular weight excluding hydrogens is 194 g/mol. The van der Waals surface area contributed by atoms with Gasteiger partial charge in [-0.1, -0.05) is 0 Å². The monoisotopic (exact) mass is 211 g/mol. The van der Waals surface area contributed by atoms with Crippen LogP contribution >= 0.6 is 0 Å². The van der Waals surface area contributed by atoms with Crippen molar-refractivity contribution >= 4 is 11.9 Å². The average molecular weight is 211 g/mol. The molecule has 1 heterocycles. The Balaban J connectivity index is 2.64. The van der Waals surface area contributed by atoms with Crippen LogP contribution in [-0.4, -0.2) is 22.0 Å². The molecule has 1 rings (SSSR count). The fourth-order valence-electron chi connectivity index (χ4n) is 1.17. The first-order valence-electron chi connectivity index (χ1n) is 5.02. The molecule has 15 heavy (non-hydrogen) atoms. The summed E-state index contributed by atoms with van der Waals surface area (Å²) in [6.45, 7) is 7.59. The minimum absolute atomic E-state index is 0.125. The Bertz CT molecular complexity index is 331. The first-order chi connectivity index (χ1) is 7.00. The molecule has 1 aromatic heterocycles. The summed E-state index contributed by atoms with van der Waals surface area (Å²) >= 11 is 0. The van der Waals surface area contributed by atoms with Crippen LogP contribution in [0.2, 0.25) is 0 Å². The molecule has 5 nitrogen and oxygen atoms in total. The van der Waals surface area contributed by atoms with Gasteiger partial charge < -0.3 is 4.74 Å². The molecule has 0 saturated heterocycles. The molecule has 5 heteroatoms. The number of rotatable bonds is 3. The summed E-state index contributed by atoms with van der Waals surface area (Å²) in [5.41, 5.74) is 0. The van der Waals surface area contributed by atoms with Gasteiger partial charge in [0.15, 0.2) is 0 Å². The van der Waals surface area contributed by atoms with E-state index in [-0.39, 0.29) is 12.1 Å². The number of hydrogen-bond acceptors (Lipinski definition) is 3. The average Bonchev–Trinajstić information content (AvgIpc) is 2.50. The molecule has 1 N–H and O–H groups in total. The second-order valence-electron chi connectivity index (χ2n) is 3.83. The summed E-state index contributed by atoms with van der Waals surface area (Å²) in [6, 6.07) is 1.94. The quantitative estimate of drug-likeness (QED) is 0.835. The Hall–Kier alpha value is -1.52. The fraction of sp³-hybridized carbons (Fsp3) is 0.600. The Morgan fingerprint density at radius 2 is 2.13 bits per heavy atom. The Kier molecular flexibility index (Phi) is 3.71. The van der Waals surface area contributed by atoms with E-state index in [1.807, 2.05) is 13.8 Å². The van der Waals surface area contributed by atoms with Crippen LogP contribution in [0.1, 0.15) is 33.7 Å². The van der Waals surface area contributed by atoms with Gasteiger partial charge in [-0.2, -0.15) is 5.10 Å². The number of anilines is 1. The first kappa shape index (κ1) is 11.6. The van der Waals surface area contributed by atoms with Crippen LogP contribution in [0.15, 0.2) is 12.3 Å². The van der Waals surface area contributed by atoms with Gasteiger partial charge >= 0.3 is 6.09 Å². The first-order valence-corrected chi connectivity index (χ1v) is 5.02. The maximum atomic E-state index is 11.3. The van der Waals surface area contributed by atoms with E-state index in [9.17, 15) is 4.79 Å². The van der Waals surface area contributed by atoms with Crippen LogP contribution in [0, 0.1) is 0 Å². The molecule has 84 valence electrons. The van der Waals surface area contributed by atoms with Crippen molar-refractivity contribution in [3.8, 4) is 0 Å². The molecule has 0 unspecified atom stereocenters. The zero-order valence-corrected chi connectivity index (χ0v) is 9.52. The van der Waals surface area contributed by atoms with E-state index in [1.54, 1.807) is 30.8 Å². The van der Waals surface area contributed by atoms with Gasteiger partial charge in [-0.3, -0.25) is 5.32 Å². The predicted molar refractivity (Wildman–Crippen MR) is 57.9 cm³/mol. The van der Waals surface area contributed by atoms with Crippen molar-refractivity contribution < 1.29 is 9.53 Å². The molecular formula is C10H17N3O2. The van der Waals surface area contributed by atoms with E-state index in [4.69, 9.17) is 4.74 Å². The van der Waals surface area contributed by atoms with E-state index in [0.717, 1.165) is 0 Å². The van der Waals surface area contributed by atoms with Crippen LogP contribution in [0.25, 0.3) is 0 Å². The van der Waals surface area contributed by atoms with E-state index in [0.29, 0.717) is 5.82 Å². The zero-order valence-electron chi connectivity index (χ0n) is 9.52. The topological polar surface area (TPSA) is 56.1 Å². The summed E-state index contributed by atoms with van der Waals surface area (Å²) in [5.74, 6) is 0.649. The Morgan fingerprint density at radius 1 is 1.47 bits per heavy atom. The van der Waals surface area contributed by atoms with Crippen LogP contribution in [0.4, 0.5) is 10.6 Å². The molecule has 1 amide bonds. The predicted octanol–water partition coefficient (Wildman–Crippen LogP) is 2.42. The lowest BCUT2D eigenvalue weighted by Crippen LogP contribution is -2.20. The van der Waals surface area contributed by atoms with Crippen molar-refractivity contribution in [2.24, 2.45) is 0 Å². The van der Waals surface area contributed by atoms with E-state index < -0.39 is 6.09 Å². The van der Waals surface area contributed by atoms with Gasteiger partial charge in [-0.15, -0.1) is 0 Å². The SMILES string of the molecule is CC(C)OC(=O)Nc1ccnn1C(C)C. The highest BCUT2D eigenvalue weighted by molar-refractivity contribution is 5.83. The van der Waals surface area contributed by atoms with Gasteiger partial charge in [-0.25, -0.2) is 9.48 Å². The lowest BCUT2D eigenvalue weighted by Gasteiger charge is -2.13. The fourth-order valence-corrected chi connectivity index (χ4v) is 1.17. The van der Waals surface area contributed by atoms with Crippen molar-refractivity contribution in [1.29, 1.82) is 0 Å². The van der Waals surface area contributed by atoms with Crippen molar-refractivity contribution in [3.63, 3.8) is 0 Å².